The highest BCUT2D eigenvalue weighted by Gasteiger charge is 2.29. The van der Waals surface area contributed by atoms with E-state index in [9.17, 15) is 13.2 Å². The molecule has 0 saturated carbocycles. The summed E-state index contributed by atoms with van der Waals surface area (Å²) in [7, 11) is -3.70. The maximum absolute atomic E-state index is 13.2. The molecule has 1 saturated heterocycles. The zero-order chi connectivity index (χ0) is 26.0. The van der Waals surface area contributed by atoms with Crippen molar-refractivity contribution in [3.63, 3.8) is 0 Å². The predicted octanol–water partition coefficient (Wildman–Crippen LogP) is 4.34. The molecule has 0 radical (unpaired) electrons. The third kappa shape index (κ3) is 5.47. The molecule has 1 amide bonds. The number of piperazine rings is 1. The number of carbonyl (C=O) groups excluding carboxylic acids is 1. The van der Waals surface area contributed by atoms with Gasteiger partial charge >= 0.3 is 0 Å². The van der Waals surface area contributed by atoms with Crippen LogP contribution in [0, 0.1) is 0 Å². The molecule has 1 N–H and O–H groups in total. The molecule has 5 rings (SSSR count). The van der Waals surface area contributed by atoms with Gasteiger partial charge in [-0.25, -0.2) is 8.42 Å². The van der Waals surface area contributed by atoms with Crippen LogP contribution in [0.2, 0.25) is 10.0 Å². The van der Waals surface area contributed by atoms with Gasteiger partial charge in [0.15, 0.2) is 0 Å². The van der Waals surface area contributed by atoms with Crippen molar-refractivity contribution in [3.8, 4) is 5.69 Å². The van der Waals surface area contributed by atoms with E-state index in [1.807, 2.05) is 12.1 Å². The topological polar surface area (TPSA) is 100 Å². The lowest BCUT2D eigenvalue weighted by Gasteiger charge is -2.35. The molecule has 0 spiro atoms. The number of rotatable bonds is 6. The Morgan fingerprint density at radius 2 is 1.46 bits per heavy atom. The maximum atomic E-state index is 13.2. The summed E-state index contributed by atoms with van der Waals surface area (Å²) in [6, 6.07) is 18.4. The molecule has 190 valence electrons. The molecular weight excluding hydrogens is 535 g/mol. The van der Waals surface area contributed by atoms with E-state index in [2.05, 4.69) is 20.4 Å². The summed E-state index contributed by atoms with van der Waals surface area (Å²) in [6.07, 6.45) is 3.06. The van der Waals surface area contributed by atoms with Gasteiger partial charge in [0.1, 0.15) is 0 Å². The van der Waals surface area contributed by atoms with Crippen molar-refractivity contribution >= 4 is 50.5 Å². The summed E-state index contributed by atoms with van der Waals surface area (Å²) in [4.78, 5) is 16.5. The van der Waals surface area contributed by atoms with Crippen LogP contribution < -0.4 is 10.2 Å². The van der Waals surface area contributed by atoms with Gasteiger partial charge in [-0.3, -0.25) is 4.79 Å². The van der Waals surface area contributed by atoms with Crippen molar-refractivity contribution in [3.05, 3.63) is 94.7 Å². The van der Waals surface area contributed by atoms with Gasteiger partial charge in [-0.15, -0.1) is 0 Å². The Morgan fingerprint density at radius 1 is 0.838 bits per heavy atom. The quantitative estimate of drug-likeness (QED) is 0.379. The van der Waals surface area contributed by atoms with Crippen LogP contribution in [0.3, 0.4) is 0 Å². The SMILES string of the molecule is O=C(Nc1ccc(S(=O)(=O)N2CCN(c3cc(Cl)cc(Cl)c3)CC2)cc1)c1ccccc1-n1nccn1. The molecule has 1 fully saturated rings. The third-order valence-electron chi connectivity index (χ3n) is 5.98. The lowest BCUT2D eigenvalue weighted by molar-refractivity contribution is 0.102. The summed E-state index contributed by atoms with van der Waals surface area (Å²) in [6.45, 7) is 1.66. The number of hydrogen-bond donors (Lipinski definition) is 1. The van der Waals surface area contributed by atoms with Crippen LogP contribution in [0.25, 0.3) is 5.69 Å². The average molecular weight is 557 g/mol. The molecule has 1 aromatic heterocycles. The monoisotopic (exact) mass is 556 g/mol. The van der Waals surface area contributed by atoms with E-state index in [4.69, 9.17) is 23.2 Å². The van der Waals surface area contributed by atoms with Gasteiger partial charge in [0.05, 0.1) is 28.5 Å². The fraction of sp³-hybridized carbons (Fsp3) is 0.160. The van der Waals surface area contributed by atoms with Crippen molar-refractivity contribution < 1.29 is 13.2 Å². The lowest BCUT2D eigenvalue weighted by Crippen LogP contribution is -2.48. The average Bonchev–Trinajstić information content (AvgIpc) is 3.44. The van der Waals surface area contributed by atoms with Gasteiger partial charge in [0.25, 0.3) is 5.91 Å². The predicted molar refractivity (Wildman–Crippen MR) is 143 cm³/mol. The molecule has 0 bridgehead atoms. The van der Waals surface area contributed by atoms with Crippen LogP contribution >= 0.6 is 23.2 Å². The second-order valence-electron chi connectivity index (χ2n) is 8.33. The van der Waals surface area contributed by atoms with Crippen LogP contribution in [0.5, 0.6) is 0 Å². The molecule has 0 unspecified atom stereocenters. The first-order valence-corrected chi connectivity index (χ1v) is 13.6. The maximum Gasteiger partial charge on any atom is 0.257 e. The number of anilines is 2. The Bertz CT molecular complexity index is 1500. The van der Waals surface area contributed by atoms with Crippen LogP contribution in [0.15, 0.2) is 84.0 Å². The molecule has 12 heteroatoms. The summed E-state index contributed by atoms with van der Waals surface area (Å²) in [5.74, 6) is -0.360. The summed E-state index contributed by atoms with van der Waals surface area (Å²) < 4.78 is 27.9. The smallest absolute Gasteiger partial charge is 0.257 e. The van der Waals surface area contributed by atoms with Gasteiger partial charge in [-0.2, -0.15) is 19.3 Å². The minimum Gasteiger partial charge on any atom is -0.369 e. The second-order valence-corrected chi connectivity index (χ2v) is 11.1. The van der Waals surface area contributed by atoms with E-state index in [0.717, 1.165) is 5.69 Å². The van der Waals surface area contributed by atoms with Crippen LogP contribution in [-0.4, -0.2) is 59.8 Å². The zero-order valence-electron chi connectivity index (χ0n) is 19.5. The standard InChI is InChI=1S/C25H22Cl2N6O3S/c26-18-15-19(27)17-21(16-18)31-11-13-32(14-12-31)37(35,36)22-7-5-20(6-8-22)30-25(34)23-3-1-2-4-24(23)33-28-9-10-29-33/h1-10,15-17H,11-14H2,(H,30,34). The Balaban J connectivity index is 1.25. The van der Waals surface area contributed by atoms with Gasteiger partial charge in [-0.1, -0.05) is 35.3 Å². The second kappa shape index (κ2) is 10.5. The first-order chi connectivity index (χ1) is 17.8. The van der Waals surface area contributed by atoms with Crippen molar-refractivity contribution in [1.29, 1.82) is 0 Å². The first kappa shape index (κ1) is 25.2. The van der Waals surface area contributed by atoms with E-state index in [1.165, 1.54) is 33.6 Å². The van der Waals surface area contributed by atoms with Crippen molar-refractivity contribution in [2.24, 2.45) is 0 Å². The summed E-state index contributed by atoms with van der Waals surface area (Å²) >= 11 is 12.2. The molecule has 1 aliphatic rings. The third-order valence-corrected chi connectivity index (χ3v) is 8.33. The van der Waals surface area contributed by atoms with Crippen LogP contribution in [0.4, 0.5) is 11.4 Å². The van der Waals surface area contributed by atoms with Gasteiger partial charge < -0.3 is 10.2 Å². The Kier molecular flexibility index (Phi) is 7.16. The highest BCUT2D eigenvalue weighted by molar-refractivity contribution is 7.89. The zero-order valence-corrected chi connectivity index (χ0v) is 21.8. The Morgan fingerprint density at radius 3 is 2.11 bits per heavy atom. The molecule has 0 aliphatic carbocycles. The number of nitrogens with one attached hydrogen (secondary N) is 1. The number of amides is 1. The van der Waals surface area contributed by atoms with Gasteiger partial charge in [-0.05, 0) is 54.6 Å². The van der Waals surface area contributed by atoms with Crippen LogP contribution in [0.1, 0.15) is 10.4 Å². The van der Waals surface area contributed by atoms with E-state index >= 15 is 0 Å². The fourth-order valence-corrected chi connectivity index (χ4v) is 6.08. The molecule has 37 heavy (non-hydrogen) atoms. The summed E-state index contributed by atoms with van der Waals surface area (Å²) in [5, 5.41) is 12.1. The first-order valence-electron chi connectivity index (χ1n) is 11.4. The Labute approximate surface area is 224 Å². The number of aromatic nitrogens is 3. The van der Waals surface area contributed by atoms with Crippen molar-refractivity contribution in [2.45, 2.75) is 4.90 Å². The van der Waals surface area contributed by atoms with Crippen LogP contribution in [-0.2, 0) is 10.0 Å². The van der Waals surface area contributed by atoms with Gasteiger partial charge in [0.2, 0.25) is 10.0 Å². The molecule has 9 nitrogen and oxygen atoms in total. The lowest BCUT2D eigenvalue weighted by atomic mass is 10.1. The molecule has 4 aromatic rings. The molecular formula is C25H22Cl2N6O3S. The molecule has 1 aliphatic heterocycles. The molecule has 3 aromatic carbocycles. The summed E-state index contributed by atoms with van der Waals surface area (Å²) in [5.41, 5.74) is 2.24. The highest BCUT2D eigenvalue weighted by Crippen LogP contribution is 2.27. The number of benzene rings is 3. The highest BCUT2D eigenvalue weighted by atomic mass is 35.5. The van der Waals surface area contributed by atoms with E-state index in [-0.39, 0.29) is 10.8 Å². The Hall–Kier alpha value is -3.44. The molecule has 2 heterocycles. The number of carbonyl (C=O) groups is 1. The number of para-hydroxylation sites is 1. The van der Waals surface area contributed by atoms with E-state index in [0.29, 0.717) is 53.2 Å². The molecule has 0 atom stereocenters. The van der Waals surface area contributed by atoms with Crippen molar-refractivity contribution in [2.75, 3.05) is 36.4 Å². The number of sulfonamides is 1. The van der Waals surface area contributed by atoms with E-state index in [1.54, 1.807) is 42.5 Å². The fourth-order valence-electron chi connectivity index (χ4n) is 4.15. The van der Waals surface area contributed by atoms with Gasteiger partial charge in [0, 0.05) is 47.6 Å². The number of nitrogens with zero attached hydrogens (tertiary/aromatic N) is 5. The minimum atomic E-state index is -3.70. The number of hydrogen-bond acceptors (Lipinski definition) is 6. The minimum absolute atomic E-state index is 0.158. The number of halogens is 2. The largest absolute Gasteiger partial charge is 0.369 e. The van der Waals surface area contributed by atoms with Crippen molar-refractivity contribution in [1.82, 2.24) is 19.3 Å². The normalized spacial score (nSPS) is 14.5. The van der Waals surface area contributed by atoms with E-state index < -0.39 is 10.0 Å².